The zero-order chi connectivity index (χ0) is 14.0. The number of anilines is 2. The number of nitrogen functional groups attached to an aromatic ring is 1. The molecule has 1 atom stereocenters. The van der Waals surface area contributed by atoms with Crippen molar-refractivity contribution in [3.05, 3.63) is 11.4 Å². The van der Waals surface area contributed by atoms with Crippen LogP contribution in [0, 0.1) is 6.92 Å². The summed E-state index contributed by atoms with van der Waals surface area (Å²) in [7, 11) is 0. The van der Waals surface area contributed by atoms with E-state index in [1.165, 1.54) is 19.3 Å². The summed E-state index contributed by atoms with van der Waals surface area (Å²) >= 11 is 0. The van der Waals surface area contributed by atoms with E-state index >= 15 is 0 Å². The normalized spacial score (nSPS) is 19.9. The van der Waals surface area contributed by atoms with Gasteiger partial charge in [-0.25, -0.2) is 15.8 Å². The van der Waals surface area contributed by atoms with Gasteiger partial charge < -0.3 is 10.3 Å². The molecule has 3 N–H and O–H groups in total. The van der Waals surface area contributed by atoms with E-state index in [2.05, 4.69) is 36.1 Å². The van der Waals surface area contributed by atoms with Crippen molar-refractivity contribution < 1.29 is 0 Å². The highest BCUT2D eigenvalue weighted by atomic mass is 15.3. The lowest BCUT2D eigenvalue weighted by atomic mass is 10.0. The van der Waals surface area contributed by atoms with Crippen molar-refractivity contribution in [2.75, 3.05) is 16.9 Å². The van der Waals surface area contributed by atoms with Gasteiger partial charge in [-0.15, -0.1) is 0 Å². The first-order valence-electron chi connectivity index (χ1n) is 7.16. The van der Waals surface area contributed by atoms with E-state index < -0.39 is 0 Å². The minimum absolute atomic E-state index is 0.298. The van der Waals surface area contributed by atoms with Crippen LogP contribution in [-0.2, 0) is 0 Å². The average Bonchev–Trinajstić information content (AvgIpc) is 2.39. The fourth-order valence-electron chi connectivity index (χ4n) is 2.61. The smallest absolute Gasteiger partial charge is 0.148 e. The molecule has 0 amide bonds. The number of hydrazine groups is 1. The van der Waals surface area contributed by atoms with Gasteiger partial charge in [0.15, 0.2) is 0 Å². The third-order valence-electron chi connectivity index (χ3n) is 3.87. The molecule has 0 aromatic carbocycles. The largest absolute Gasteiger partial charge is 0.354 e. The highest BCUT2D eigenvalue weighted by Crippen LogP contribution is 2.30. The lowest BCUT2D eigenvalue weighted by molar-refractivity contribution is 0.479. The maximum Gasteiger partial charge on any atom is 0.148 e. The summed E-state index contributed by atoms with van der Waals surface area (Å²) in [6.45, 7) is 9.59. The predicted octanol–water partition coefficient (Wildman–Crippen LogP) is 2.57. The SMILES string of the molecule is Cc1c(NN)nc(C(C)C)nc1N1CCCCC1C. The first kappa shape index (κ1) is 14.1. The molecule has 1 fully saturated rings. The van der Waals surface area contributed by atoms with Crippen LogP contribution in [0.1, 0.15) is 57.3 Å². The van der Waals surface area contributed by atoms with Crippen LogP contribution in [0.15, 0.2) is 0 Å². The molecule has 106 valence electrons. The van der Waals surface area contributed by atoms with Crippen LogP contribution in [0.5, 0.6) is 0 Å². The molecule has 0 aliphatic carbocycles. The lowest BCUT2D eigenvalue weighted by Gasteiger charge is -2.35. The molecule has 0 bridgehead atoms. The van der Waals surface area contributed by atoms with Crippen molar-refractivity contribution >= 4 is 11.6 Å². The molecule has 1 aliphatic heterocycles. The third-order valence-corrected chi connectivity index (χ3v) is 3.87. The third kappa shape index (κ3) is 2.81. The summed E-state index contributed by atoms with van der Waals surface area (Å²) < 4.78 is 0. The summed E-state index contributed by atoms with van der Waals surface area (Å²) in [5.41, 5.74) is 3.75. The topological polar surface area (TPSA) is 67.1 Å². The predicted molar refractivity (Wildman–Crippen MR) is 79.3 cm³/mol. The summed E-state index contributed by atoms with van der Waals surface area (Å²) in [6, 6.07) is 0.535. The van der Waals surface area contributed by atoms with E-state index in [4.69, 9.17) is 10.8 Å². The Morgan fingerprint density at radius 1 is 1.32 bits per heavy atom. The van der Waals surface area contributed by atoms with Crippen LogP contribution >= 0.6 is 0 Å². The van der Waals surface area contributed by atoms with Gasteiger partial charge in [-0.2, -0.15) is 0 Å². The molecule has 2 rings (SSSR count). The number of rotatable bonds is 3. The molecule has 1 unspecified atom stereocenters. The van der Waals surface area contributed by atoms with E-state index in [-0.39, 0.29) is 0 Å². The molecule has 0 spiro atoms. The Balaban J connectivity index is 2.45. The molecular formula is C14H25N5. The number of nitrogens with zero attached hydrogens (tertiary/aromatic N) is 3. The molecule has 5 nitrogen and oxygen atoms in total. The Hall–Kier alpha value is -1.36. The number of aromatic nitrogens is 2. The van der Waals surface area contributed by atoms with Gasteiger partial charge in [0.05, 0.1) is 0 Å². The van der Waals surface area contributed by atoms with Gasteiger partial charge >= 0.3 is 0 Å². The first-order valence-corrected chi connectivity index (χ1v) is 7.16. The summed E-state index contributed by atoms with van der Waals surface area (Å²) in [6.07, 6.45) is 3.77. The first-order chi connectivity index (χ1) is 9.04. The minimum Gasteiger partial charge on any atom is -0.354 e. The Kier molecular flexibility index (Phi) is 4.24. The molecule has 5 heteroatoms. The molecule has 1 aromatic heterocycles. The second kappa shape index (κ2) is 5.74. The fourth-order valence-corrected chi connectivity index (χ4v) is 2.61. The van der Waals surface area contributed by atoms with Crippen LogP contribution < -0.4 is 16.2 Å². The van der Waals surface area contributed by atoms with E-state index in [0.717, 1.165) is 29.6 Å². The molecule has 0 saturated carbocycles. The zero-order valence-electron chi connectivity index (χ0n) is 12.4. The van der Waals surface area contributed by atoms with Crippen molar-refractivity contribution in [2.45, 2.75) is 58.9 Å². The Morgan fingerprint density at radius 2 is 2.05 bits per heavy atom. The number of piperidine rings is 1. The van der Waals surface area contributed by atoms with Gasteiger partial charge in [-0.05, 0) is 33.1 Å². The maximum absolute atomic E-state index is 5.59. The van der Waals surface area contributed by atoms with E-state index in [9.17, 15) is 0 Å². The lowest BCUT2D eigenvalue weighted by Crippen LogP contribution is -2.39. The van der Waals surface area contributed by atoms with Crippen molar-refractivity contribution in [2.24, 2.45) is 5.84 Å². The van der Waals surface area contributed by atoms with Crippen LogP contribution in [-0.4, -0.2) is 22.6 Å². The molecule has 19 heavy (non-hydrogen) atoms. The second-order valence-electron chi connectivity index (χ2n) is 5.72. The Bertz CT molecular complexity index is 444. The van der Waals surface area contributed by atoms with Gasteiger partial charge in [-0.1, -0.05) is 13.8 Å². The minimum atomic E-state index is 0.298. The monoisotopic (exact) mass is 263 g/mol. The molecule has 0 radical (unpaired) electrons. The van der Waals surface area contributed by atoms with Crippen molar-refractivity contribution in [3.63, 3.8) is 0 Å². The van der Waals surface area contributed by atoms with E-state index in [1.807, 2.05) is 6.92 Å². The van der Waals surface area contributed by atoms with Crippen molar-refractivity contribution in [3.8, 4) is 0 Å². The summed E-state index contributed by atoms with van der Waals surface area (Å²) in [4.78, 5) is 11.7. The molecule has 1 saturated heterocycles. The quantitative estimate of drug-likeness (QED) is 0.648. The van der Waals surface area contributed by atoms with E-state index in [1.54, 1.807) is 0 Å². The maximum atomic E-state index is 5.59. The van der Waals surface area contributed by atoms with Crippen LogP contribution in [0.2, 0.25) is 0 Å². The van der Waals surface area contributed by atoms with Gasteiger partial charge in [0.1, 0.15) is 17.5 Å². The summed E-state index contributed by atoms with van der Waals surface area (Å²) in [5.74, 6) is 8.53. The zero-order valence-corrected chi connectivity index (χ0v) is 12.4. The molecule has 1 aliphatic rings. The van der Waals surface area contributed by atoms with Crippen LogP contribution in [0.3, 0.4) is 0 Å². The fraction of sp³-hybridized carbons (Fsp3) is 0.714. The Labute approximate surface area is 115 Å². The number of hydrogen-bond donors (Lipinski definition) is 2. The van der Waals surface area contributed by atoms with Gasteiger partial charge in [0.2, 0.25) is 0 Å². The Morgan fingerprint density at radius 3 is 2.63 bits per heavy atom. The van der Waals surface area contributed by atoms with E-state index in [0.29, 0.717) is 12.0 Å². The highest BCUT2D eigenvalue weighted by Gasteiger charge is 2.23. The second-order valence-corrected chi connectivity index (χ2v) is 5.72. The number of nitrogens with two attached hydrogens (primary N) is 1. The number of nitrogens with one attached hydrogen (secondary N) is 1. The van der Waals surface area contributed by atoms with Gasteiger partial charge in [0, 0.05) is 24.1 Å². The molecule has 2 heterocycles. The van der Waals surface area contributed by atoms with Crippen molar-refractivity contribution in [1.82, 2.24) is 9.97 Å². The van der Waals surface area contributed by atoms with Crippen molar-refractivity contribution in [1.29, 1.82) is 0 Å². The van der Waals surface area contributed by atoms with Crippen LogP contribution in [0.25, 0.3) is 0 Å². The van der Waals surface area contributed by atoms with Crippen LogP contribution in [0.4, 0.5) is 11.6 Å². The summed E-state index contributed by atoms with van der Waals surface area (Å²) in [5, 5.41) is 0. The number of hydrogen-bond acceptors (Lipinski definition) is 5. The highest BCUT2D eigenvalue weighted by molar-refractivity contribution is 5.59. The molecular weight excluding hydrogens is 238 g/mol. The molecule has 1 aromatic rings. The standard InChI is InChI=1S/C14H25N5/c1-9(2)12-16-13(18-15)11(4)14(17-12)19-8-6-5-7-10(19)3/h9-10H,5-8,15H2,1-4H3,(H,16,17,18). The van der Waals surface area contributed by atoms with Gasteiger partial charge in [0.25, 0.3) is 0 Å². The average molecular weight is 263 g/mol. The van der Waals surface area contributed by atoms with Gasteiger partial charge in [-0.3, -0.25) is 0 Å².